The molecule has 0 atom stereocenters. The third-order valence-electron chi connectivity index (χ3n) is 5.70. The Kier molecular flexibility index (Phi) is 4.78. The van der Waals surface area contributed by atoms with E-state index in [0.717, 1.165) is 34.1 Å². The fourth-order valence-electron chi connectivity index (χ4n) is 4.09. The maximum Gasteiger partial charge on any atom is 0.410 e. The monoisotopic (exact) mass is 446 g/mol. The molecule has 2 aliphatic heterocycles. The SMILES string of the molecule is Cc1nc(C2=Cc3c(N4CCN(C(=O)OC5CS(=O)(=O)C5)CC4)ccnc3C2)cs1. The number of hydrogen-bond acceptors (Lipinski definition) is 8. The fraction of sp³-hybridized carbons (Fsp3) is 0.450. The number of allylic oxidation sites excluding steroid dienone is 1. The molecule has 10 heteroatoms. The Labute approximate surface area is 179 Å². The fourth-order valence-corrected chi connectivity index (χ4v) is 5.90. The molecule has 5 rings (SSSR count). The van der Waals surface area contributed by atoms with Gasteiger partial charge in [0, 0.05) is 55.4 Å². The molecule has 1 aliphatic carbocycles. The summed E-state index contributed by atoms with van der Waals surface area (Å²) < 4.78 is 27.8. The second kappa shape index (κ2) is 7.35. The van der Waals surface area contributed by atoms with Gasteiger partial charge in [0.05, 0.1) is 27.9 Å². The number of fused-ring (bicyclic) bond motifs is 1. The second-order valence-electron chi connectivity index (χ2n) is 7.85. The van der Waals surface area contributed by atoms with Crippen molar-refractivity contribution < 1.29 is 17.9 Å². The van der Waals surface area contributed by atoms with Crippen LogP contribution in [0.3, 0.4) is 0 Å². The molecule has 0 bridgehead atoms. The molecule has 8 nitrogen and oxygen atoms in total. The van der Waals surface area contributed by atoms with Crippen molar-refractivity contribution in [3.8, 4) is 0 Å². The van der Waals surface area contributed by atoms with Crippen molar-refractivity contribution >= 4 is 44.6 Å². The lowest BCUT2D eigenvalue weighted by molar-refractivity contribution is 0.0722. The Bertz CT molecular complexity index is 1120. The molecular formula is C20H22N4O4S2. The third-order valence-corrected chi connectivity index (χ3v) is 8.23. The topological polar surface area (TPSA) is 92.7 Å². The van der Waals surface area contributed by atoms with Crippen molar-refractivity contribution in [1.82, 2.24) is 14.9 Å². The minimum atomic E-state index is -3.00. The van der Waals surface area contributed by atoms with E-state index in [-0.39, 0.29) is 11.5 Å². The van der Waals surface area contributed by atoms with Gasteiger partial charge in [0.2, 0.25) is 0 Å². The Morgan fingerprint density at radius 1 is 1.23 bits per heavy atom. The molecule has 2 aromatic heterocycles. The van der Waals surface area contributed by atoms with Crippen LogP contribution in [0.15, 0.2) is 17.6 Å². The van der Waals surface area contributed by atoms with Crippen LogP contribution in [0.25, 0.3) is 11.6 Å². The lowest BCUT2D eigenvalue weighted by atomic mass is 10.1. The number of sulfone groups is 1. The predicted molar refractivity (Wildman–Crippen MR) is 115 cm³/mol. The van der Waals surface area contributed by atoms with Gasteiger partial charge < -0.3 is 14.5 Å². The van der Waals surface area contributed by atoms with Gasteiger partial charge in [0.15, 0.2) is 9.84 Å². The van der Waals surface area contributed by atoms with Crippen molar-refractivity contribution in [3.63, 3.8) is 0 Å². The van der Waals surface area contributed by atoms with E-state index < -0.39 is 22.0 Å². The average Bonchev–Trinajstić information content (AvgIpc) is 3.32. The first-order valence-corrected chi connectivity index (χ1v) is 12.6. The molecular weight excluding hydrogens is 424 g/mol. The summed E-state index contributed by atoms with van der Waals surface area (Å²) in [6.07, 6.45) is 3.89. The van der Waals surface area contributed by atoms with Crippen molar-refractivity contribution in [2.45, 2.75) is 19.4 Å². The van der Waals surface area contributed by atoms with Gasteiger partial charge in [-0.25, -0.2) is 18.2 Å². The van der Waals surface area contributed by atoms with Crippen molar-refractivity contribution in [1.29, 1.82) is 0 Å². The number of pyridine rings is 1. The lowest BCUT2D eigenvalue weighted by Crippen LogP contribution is -2.52. The molecule has 0 aromatic carbocycles. The van der Waals surface area contributed by atoms with Gasteiger partial charge in [-0.15, -0.1) is 11.3 Å². The normalized spacial score (nSPS) is 20.5. The number of hydrogen-bond donors (Lipinski definition) is 0. The minimum absolute atomic E-state index is 0.0605. The van der Waals surface area contributed by atoms with Gasteiger partial charge >= 0.3 is 6.09 Å². The Balaban J connectivity index is 1.25. The summed E-state index contributed by atoms with van der Waals surface area (Å²) in [4.78, 5) is 25.4. The van der Waals surface area contributed by atoms with Crippen LogP contribution in [0, 0.1) is 6.92 Å². The Morgan fingerprint density at radius 2 is 2.00 bits per heavy atom. The number of amides is 1. The minimum Gasteiger partial charge on any atom is -0.444 e. The summed E-state index contributed by atoms with van der Waals surface area (Å²) in [5, 5.41) is 3.14. The quantitative estimate of drug-likeness (QED) is 0.712. The van der Waals surface area contributed by atoms with Crippen LogP contribution < -0.4 is 4.90 Å². The van der Waals surface area contributed by atoms with Crippen LogP contribution in [0.1, 0.15) is 22.0 Å². The van der Waals surface area contributed by atoms with Gasteiger partial charge in [0.25, 0.3) is 0 Å². The summed E-state index contributed by atoms with van der Waals surface area (Å²) in [7, 11) is -3.00. The number of ether oxygens (including phenoxy) is 1. The molecule has 158 valence electrons. The highest BCUT2D eigenvalue weighted by molar-refractivity contribution is 7.92. The van der Waals surface area contributed by atoms with Gasteiger partial charge in [-0.05, 0) is 24.6 Å². The zero-order valence-electron chi connectivity index (χ0n) is 16.6. The number of aromatic nitrogens is 2. The second-order valence-corrected chi connectivity index (χ2v) is 11.1. The van der Waals surface area contributed by atoms with E-state index in [0.29, 0.717) is 26.2 Å². The first-order valence-electron chi connectivity index (χ1n) is 9.90. The maximum absolute atomic E-state index is 12.3. The van der Waals surface area contributed by atoms with E-state index in [9.17, 15) is 13.2 Å². The van der Waals surface area contributed by atoms with Crippen LogP contribution in [0.4, 0.5) is 10.5 Å². The number of rotatable bonds is 3. The molecule has 0 unspecified atom stereocenters. The molecule has 1 amide bonds. The molecule has 0 saturated carbocycles. The number of nitrogens with zero attached hydrogens (tertiary/aromatic N) is 4. The van der Waals surface area contributed by atoms with Gasteiger partial charge in [0.1, 0.15) is 6.10 Å². The van der Waals surface area contributed by atoms with Crippen LogP contribution in [0.5, 0.6) is 0 Å². The first-order chi connectivity index (χ1) is 14.4. The third kappa shape index (κ3) is 3.69. The van der Waals surface area contributed by atoms with Gasteiger partial charge in [-0.2, -0.15) is 0 Å². The number of thiazole rings is 1. The predicted octanol–water partition coefficient (Wildman–Crippen LogP) is 2.00. The van der Waals surface area contributed by atoms with Crippen molar-refractivity contribution in [3.05, 3.63) is 39.6 Å². The lowest BCUT2D eigenvalue weighted by Gasteiger charge is -2.37. The Morgan fingerprint density at radius 3 is 2.67 bits per heavy atom. The highest BCUT2D eigenvalue weighted by Crippen LogP contribution is 2.36. The van der Waals surface area contributed by atoms with Crippen molar-refractivity contribution in [2.24, 2.45) is 0 Å². The van der Waals surface area contributed by atoms with Crippen LogP contribution in [-0.4, -0.2) is 73.2 Å². The van der Waals surface area contributed by atoms with Crippen LogP contribution in [-0.2, 0) is 21.0 Å². The Hall–Kier alpha value is -2.46. The first kappa shape index (κ1) is 19.5. The van der Waals surface area contributed by atoms with Crippen LogP contribution in [0.2, 0.25) is 0 Å². The van der Waals surface area contributed by atoms with E-state index in [1.165, 1.54) is 5.57 Å². The number of carbonyl (C=O) groups is 1. The molecule has 2 aromatic rings. The zero-order valence-corrected chi connectivity index (χ0v) is 18.2. The van der Waals surface area contributed by atoms with Crippen LogP contribution >= 0.6 is 11.3 Å². The van der Waals surface area contributed by atoms with Gasteiger partial charge in [-0.3, -0.25) is 4.98 Å². The van der Waals surface area contributed by atoms with E-state index in [1.54, 1.807) is 16.2 Å². The summed E-state index contributed by atoms with van der Waals surface area (Å²) in [6.45, 7) is 4.46. The summed E-state index contributed by atoms with van der Waals surface area (Å²) in [5.41, 5.74) is 5.52. The van der Waals surface area contributed by atoms with E-state index in [4.69, 9.17) is 4.74 Å². The van der Waals surface area contributed by atoms with Gasteiger partial charge in [-0.1, -0.05) is 0 Å². The standard InChI is InChI=1S/C20H22N4O4S2/c1-13-22-18(10-29-13)14-8-16-17(9-14)21-3-2-19(16)23-4-6-24(7-5-23)20(25)28-15-11-30(26,27)12-15/h2-3,8,10,15H,4-7,9,11-12H2,1H3. The summed E-state index contributed by atoms with van der Waals surface area (Å²) >= 11 is 1.65. The average molecular weight is 447 g/mol. The molecule has 2 fully saturated rings. The molecule has 0 radical (unpaired) electrons. The highest BCUT2D eigenvalue weighted by Gasteiger charge is 2.38. The number of carbonyl (C=O) groups excluding carboxylic acids is 1. The highest BCUT2D eigenvalue weighted by atomic mass is 32.2. The molecule has 0 spiro atoms. The summed E-state index contributed by atoms with van der Waals surface area (Å²) in [5.74, 6) is -0.121. The smallest absolute Gasteiger partial charge is 0.410 e. The number of anilines is 1. The molecule has 30 heavy (non-hydrogen) atoms. The van der Waals surface area contributed by atoms with E-state index in [1.807, 2.05) is 19.2 Å². The van der Waals surface area contributed by atoms with E-state index in [2.05, 4.69) is 26.3 Å². The molecule has 3 aliphatic rings. The molecule has 0 N–H and O–H groups in total. The number of aryl methyl sites for hydroxylation is 1. The molecule has 4 heterocycles. The summed E-state index contributed by atoms with van der Waals surface area (Å²) in [6, 6.07) is 2.03. The zero-order chi connectivity index (χ0) is 20.9. The number of piperazine rings is 1. The largest absolute Gasteiger partial charge is 0.444 e. The van der Waals surface area contributed by atoms with E-state index >= 15 is 0 Å². The van der Waals surface area contributed by atoms with Crippen molar-refractivity contribution in [2.75, 3.05) is 42.6 Å². The maximum atomic E-state index is 12.3. The molecule has 2 saturated heterocycles.